The number of fused-ring (bicyclic) bond motifs is 1. The highest BCUT2D eigenvalue weighted by atomic mass is 32.2. The Kier molecular flexibility index (Phi) is 6.59. The highest BCUT2D eigenvalue weighted by molar-refractivity contribution is 8.00. The molecule has 152 valence electrons. The van der Waals surface area contributed by atoms with Crippen LogP contribution >= 0.6 is 11.8 Å². The van der Waals surface area contributed by atoms with Gasteiger partial charge in [0.05, 0.1) is 11.3 Å². The second-order valence-corrected chi connectivity index (χ2v) is 8.11. The van der Waals surface area contributed by atoms with Crippen LogP contribution in [-0.4, -0.2) is 55.2 Å². The molecule has 6 nitrogen and oxygen atoms in total. The van der Waals surface area contributed by atoms with Crippen molar-refractivity contribution in [1.82, 2.24) is 4.90 Å². The first kappa shape index (κ1) is 20.9. The number of carbonyl (C=O) groups is 3. The molecule has 0 spiro atoms. The fourth-order valence-corrected chi connectivity index (χ4v) is 4.27. The summed E-state index contributed by atoms with van der Waals surface area (Å²) in [4.78, 5) is 41.0. The average molecular weight is 413 g/mol. The Labute approximate surface area is 174 Å². The van der Waals surface area contributed by atoms with Gasteiger partial charge in [-0.05, 0) is 37.1 Å². The molecule has 0 saturated heterocycles. The molecule has 3 rings (SSSR count). The Morgan fingerprint density at radius 2 is 1.79 bits per heavy atom. The molecular formula is C22H24N2O4S. The van der Waals surface area contributed by atoms with Crippen molar-refractivity contribution < 1.29 is 19.1 Å². The van der Waals surface area contributed by atoms with E-state index < -0.39 is 5.97 Å². The number of anilines is 1. The zero-order valence-electron chi connectivity index (χ0n) is 16.8. The molecule has 0 aliphatic carbocycles. The molecule has 2 aromatic carbocycles. The smallest absolute Gasteiger partial charge is 0.339 e. The molecule has 1 atom stereocenters. The lowest BCUT2D eigenvalue weighted by atomic mass is 10.1. The number of hydrogen-bond acceptors (Lipinski definition) is 5. The van der Waals surface area contributed by atoms with Crippen LogP contribution in [0.15, 0.2) is 53.4 Å². The molecule has 0 N–H and O–H groups in total. The SMILES string of the molecule is C[C@@H]1Cc2ccccc2N1C(=O)COC(=O)c1ccccc1SCC(=O)N(C)C. The minimum absolute atomic E-state index is 0.0264. The molecule has 1 aliphatic heterocycles. The van der Waals surface area contributed by atoms with E-state index >= 15 is 0 Å². The van der Waals surface area contributed by atoms with Gasteiger partial charge in [0.2, 0.25) is 5.91 Å². The van der Waals surface area contributed by atoms with E-state index in [0.717, 1.165) is 17.7 Å². The first-order valence-electron chi connectivity index (χ1n) is 9.37. The minimum Gasteiger partial charge on any atom is -0.452 e. The number of thioether (sulfide) groups is 1. The second kappa shape index (κ2) is 9.13. The van der Waals surface area contributed by atoms with Crippen molar-refractivity contribution in [3.8, 4) is 0 Å². The van der Waals surface area contributed by atoms with Gasteiger partial charge in [-0.25, -0.2) is 4.79 Å². The van der Waals surface area contributed by atoms with Gasteiger partial charge in [0.1, 0.15) is 0 Å². The van der Waals surface area contributed by atoms with Crippen molar-refractivity contribution in [3.63, 3.8) is 0 Å². The Bertz CT molecular complexity index is 929. The molecule has 29 heavy (non-hydrogen) atoms. The first-order chi connectivity index (χ1) is 13.9. The van der Waals surface area contributed by atoms with E-state index in [9.17, 15) is 14.4 Å². The van der Waals surface area contributed by atoms with Crippen LogP contribution in [0.1, 0.15) is 22.8 Å². The molecule has 1 aliphatic rings. The molecule has 2 aromatic rings. The van der Waals surface area contributed by atoms with Gasteiger partial charge in [0.15, 0.2) is 6.61 Å². The highest BCUT2D eigenvalue weighted by Crippen LogP contribution is 2.32. The molecule has 0 bridgehead atoms. The zero-order chi connectivity index (χ0) is 21.0. The van der Waals surface area contributed by atoms with Crippen LogP contribution in [0.3, 0.4) is 0 Å². The molecule has 0 radical (unpaired) electrons. The van der Waals surface area contributed by atoms with Crippen molar-refractivity contribution in [2.45, 2.75) is 24.3 Å². The summed E-state index contributed by atoms with van der Waals surface area (Å²) >= 11 is 1.28. The normalized spacial score (nSPS) is 15.0. The van der Waals surface area contributed by atoms with Gasteiger partial charge in [-0.15, -0.1) is 11.8 Å². The van der Waals surface area contributed by atoms with Gasteiger partial charge in [0, 0.05) is 30.7 Å². The zero-order valence-corrected chi connectivity index (χ0v) is 17.6. The number of ether oxygens (including phenoxy) is 1. The third kappa shape index (κ3) is 4.79. The molecule has 0 fully saturated rings. The van der Waals surface area contributed by atoms with Crippen molar-refractivity contribution in [1.29, 1.82) is 0 Å². The summed E-state index contributed by atoms with van der Waals surface area (Å²) in [6.45, 7) is 1.65. The maximum atomic E-state index is 12.7. The number of esters is 1. The Morgan fingerprint density at radius 3 is 2.55 bits per heavy atom. The summed E-state index contributed by atoms with van der Waals surface area (Å²) in [5, 5.41) is 0. The van der Waals surface area contributed by atoms with Crippen LogP contribution in [0.5, 0.6) is 0 Å². The van der Waals surface area contributed by atoms with Crippen molar-refractivity contribution in [2.75, 3.05) is 31.4 Å². The van der Waals surface area contributed by atoms with Crippen LogP contribution in [0.25, 0.3) is 0 Å². The number of carbonyl (C=O) groups excluding carboxylic acids is 3. The first-order valence-corrected chi connectivity index (χ1v) is 10.4. The molecule has 2 amide bonds. The largest absolute Gasteiger partial charge is 0.452 e. The summed E-state index contributed by atoms with van der Waals surface area (Å²) in [5.74, 6) is -0.643. The van der Waals surface area contributed by atoms with Gasteiger partial charge in [-0.1, -0.05) is 30.3 Å². The second-order valence-electron chi connectivity index (χ2n) is 7.09. The van der Waals surface area contributed by atoms with Gasteiger partial charge in [-0.2, -0.15) is 0 Å². The maximum absolute atomic E-state index is 12.7. The molecule has 0 unspecified atom stereocenters. The van der Waals surface area contributed by atoms with E-state index in [1.54, 1.807) is 43.3 Å². The van der Waals surface area contributed by atoms with Crippen molar-refractivity contribution >= 4 is 35.2 Å². The Hall–Kier alpha value is -2.80. The fraction of sp³-hybridized carbons (Fsp3) is 0.318. The lowest BCUT2D eigenvalue weighted by Crippen LogP contribution is -2.38. The molecule has 1 heterocycles. The van der Waals surface area contributed by atoms with Crippen LogP contribution in [0, 0.1) is 0 Å². The summed E-state index contributed by atoms with van der Waals surface area (Å²) in [7, 11) is 3.37. The summed E-state index contributed by atoms with van der Waals surface area (Å²) in [6, 6.07) is 14.7. The van der Waals surface area contributed by atoms with Crippen LogP contribution in [-0.2, 0) is 20.7 Å². The number of para-hydroxylation sites is 1. The van der Waals surface area contributed by atoms with Crippen LogP contribution in [0.2, 0.25) is 0 Å². The van der Waals surface area contributed by atoms with E-state index in [2.05, 4.69) is 0 Å². The van der Waals surface area contributed by atoms with Crippen molar-refractivity contribution in [3.05, 3.63) is 59.7 Å². The predicted molar refractivity (Wildman–Crippen MR) is 113 cm³/mol. The number of hydrogen-bond donors (Lipinski definition) is 0. The molecule has 0 aromatic heterocycles. The standard InChI is InChI=1S/C22H24N2O4S/c1-15-12-16-8-4-6-10-18(16)24(15)20(25)13-28-22(27)17-9-5-7-11-19(17)29-14-21(26)23(2)3/h4-11,15H,12-14H2,1-3H3/t15-/m1/s1. The third-order valence-electron chi connectivity index (χ3n) is 4.76. The monoisotopic (exact) mass is 412 g/mol. The lowest BCUT2D eigenvalue weighted by molar-refractivity contribution is -0.126. The van der Waals surface area contributed by atoms with Gasteiger partial charge in [-0.3, -0.25) is 9.59 Å². The maximum Gasteiger partial charge on any atom is 0.339 e. The number of nitrogens with zero attached hydrogens (tertiary/aromatic N) is 2. The van der Waals surface area contributed by atoms with Gasteiger partial charge < -0.3 is 14.5 Å². The van der Waals surface area contributed by atoms with Gasteiger partial charge >= 0.3 is 5.97 Å². The lowest BCUT2D eigenvalue weighted by Gasteiger charge is -2.22. The van der Waals surface area contributed by atoms with Crippen LogP contribution in [0.4, 0.5) is 5.69 Å². The number of amides is 2. The minimum atomic E-state index is -0.570. The van der Waals surface area contributed by atoms with E-state index in [1.807, 2.05) is 31.2 Å². The van der Waals surface area contributed by atoms with Crippen LogP contribution < -0.4 is 4.90 Å². The summed E-state index contributed by atoms with van der Waals surface area (Å²) in [5.41, 5.74) is 2.35. The summed E-state index contributed by atoms with van der Waals surface area (Å²) < 4.78 is 5.32. The average Bonchev–Trinajstić information content (AvgIpc) is 3.05. The predicted octanol–water partition coefficient (Wildman–Crippen LogP) is 3.00. The highest BCUT2D eigenvalue weighted by Gasteiger charge is 2.31. The third-order valence-corrected chi connectivity index (χ3v) is 5.82. The van der Waals surface area contributed by atoms with E-state index in [0.29, 0.717) is 10.5 Å². The summed E-state index contributed by atoms with van der Waals surface area (Å²) in [6.07, 6.45) is 0.787. The fourth-order valence-electron chi connectivity index (χ4n) is 3.25. The Morgan fingerprint density at radius 1 is 1.10 bits per heavy atom. The van der Waals surface area contributed by atoms with E-state index in [4.69, 9.17) is 4.74 Å². The topological polar surface area (TPSA) is 66.9 Å². The molecule has 0 saturated carbocycles. The molecular weight excluding hydrogens is 388 g/mol. The number of benzene rings is 2. The quantitative estimate of drug-likeness (QED) is 0.539. The van der Waals surface area contributed by atoms with Crippen molar-refractivity contribution in [2.24, 2.45) is 0 Å². The molecule has 7 heteroatoms. The number of rotatable bonds is 6. The Balaban J connectivity index is 1.64. The van der Waals surface area contributed by atoms with E-state index in [-0.39, 0.29) is 30.2 Å². The van der Waals surface area contributed by atoms with E-state index in [1.165, 1.54) is 16.7 Å². The van der Waals surface area contributed by atoms with Gasteiger partial charge in [0.25, 0.3) is 5.91 Å².